The van der Waals surface area contributed by atoms with E-state index >= 15 is 0 Å². The van der Waals surface area contributed by atoms with Crippen molar-refractivity contribution in [3.8, 4) is 0 Å². The molecule has 104 valence electrons. The number of hydrogen-bond donors (Lipinski definition) is 1. The maximum Gasteiger partial charge on any atom is 0.147 e. The summed E-state index contributed by atoms with van der Waals surface area (Å²) >= 11 is 1.57. The van der Waals surface area contributed by atoms with E-state index in [9.17, 15) is 12.8 Å². The van der Waals surface area contributed by atoms with Crippen molar-refractivity contribution in [2.24, 2.45) is 0 Å². The minimum atomic E-state index is -2.97. The normalized spacial score (nSPS) is 13.8. The molecule has 1 unspecified atom stereocenters. The zero-order valence-electron chi connectivity index (χ0n) is 10.8. The fraction of sp³-hybridized carbons (Fsp3) is 0.385. The molecule has 0 radical (unpaired) electrons. The largest absolute Gasteiger partial charge is 0.312 e. The van der Waals surface area contributed by atoms with Crippen molar-refractivity contribution in [1.82, 2.24) is 5.32 Å². The summed E-state index contributed by atoms with van der Waals surface area (Å²) in [5.74, 6) is -0.116. The molecule has 0 saturated carbocycles. The van der Waals surface area contributed by atoms with Crippen LogP contribution in [-0.2, 0) is 9.84 Å². The number of halogens is 1. The molecule has 0 spiro atoms. The average Bonchev–Trinajstić information content (AvgIpc) is 2.71. The Morgan fingerprint density at radius 3 is 2.74 bits per heavy atom. The van der Waals surface area contributed by atoms with Crippen molar-refractivity contribution in [3.63, 3.8) is 0 Å². The summed E-state index contributed by atoms with van der Waals surface area (Å²) in [6.45, 7) is 0. The van der Waals surface area contributed by atoms with Gasteiger partial charge in [0.05, 0.1) is 5.75 Å². The molecule has 1 aromatic carbocycles. The van der Waals surface area contributed by atoms with Crippen LogP contribution in [0.5, 0.6) is 0 Å². The topological polar surface area (TPSA) is 46.2 Å². The molecular formula is C13H16FNO2S2. The van der Waals surface area contributed by atoms with E-state index in [0.717, 1.165) is 15.0 Å². The highest BCUT2D eigenvalue weighted by Gasteiger charge is 2.15. The van der Waals surface area contributed by atoms with Gasteiger partial charge in [-0.15, -0.1) is 11.3 Å². The highest BCUT2D eigenvalue weighted by Crippen LogP contribution is 2.31. The van der Waals surface area contributed by atoms with Gasteiger partial charge in [0.25, 0.3) is 0 Å². The second-order valence-electron chi connectivity index (χ2n) is 4.59. The average molecular weight is 301 g/mol. The van der Waals surface area contributed by atoms with Crippen molar-refractivity contribution in [1.29, 1.82) is 0 Å². The summed E-state index contributed by atoms with van der Waals surface area (Å²) in [6.07, 6.45) is 1.75. The minimum absolute atomic E-state index is 0.0183. The van der Waals surface area contributed by atoms with E-state index in [1.807, 2.05) is 6.07 Å². The Hall–Kier alpha value is -0.980. The summed E-state index contributed by atoms with van der Waals surface area (Å²) in [5.41, 5.74) is 0. The Labute approximate surface area is 116 Å². The van der Waals surface area contributed by atoms with Crippen molar-refractivity contribution >= 4 is 31.3 Å². The van der Waals surface area contributed by atoms with Crippen molar-refractivity contribution < 1.29 is 12.8 Å². The van der Waals surface area contributed by atoms with E-state index in [2.05, 4.69) is 5.32 Å². The van der Waals surface area contributed by atoms with Gasteiger partial charge >= 0.3 is 0 Å². The Kier molecular flexibility index (Phi) is 4.23. The molecule has 0 saturated heterocycles. The zero-order valence-corrected chi connectivity index (χ0v) is 12.4. The lowest BCUT2D eigenvalue weighted by molar-refractivity contribution is 0.565. The summed E-state index contributed by atoms with van der Waals surface area (Å²) in [7, 11) is -1.17. The number of fused-ring (bicyclic) bond motifs is 1. The van der Waals surface area contributed by atoms with E-state index in [4.69, 9.17) is 0 Å². The molecule has 0 bridgehead atoms. The predicted octanol–water partition coefficient (Wildman–Crippen LogP) is 2.74. The lowest BCUT2D eigenvalue weighted by atomic mass is 10.1. The van der Waals surface area contributed by atoms with Gasteiger partial charge in [0.1, 0.15) is 15.7 Å². The Balaban J connectivity index is 2.25. The van der Waals surface area contributed by atoms with Crippen LogP contribution in [0.4, 0.5) is 4.39 Å². The quantitative estimate of drug-likeness (QED) is 0.923. The molecule has 6 heteroatoms. The lowest BCUT2D eigenvalue weighted by Crippen LogP contribution is -2.18. The van der Waals surface area contributed by atoms with Crippen LogP contribution in [-0.4, -0.2) is 27.5 Å². The monoisotopic (exact) mass is 301 g/mol. The van der Waals surface area contributed by atoms with E-state index in [1.165, 1.54) is 18.4 Å². The van der Waals surface area contributed by atoms with Gasteiger partial charge in [0.2, 0.25) is 0 Å². The Morgan fingerprint density at radius 2 is 2.11 bits per heavy atom. The number of nitrogens with one attached hydrogen (secondary N) is 1. The molecule has 1 N–H and O–H groups in total. The van der Waals surface area contributed by atoms with Crippen LogP contribution in [0.1, 0.15) is 17.3 Å². The van der Waals surface area contributed by atoms with Crippen LogP contribution in [0.2, 0.25) is 0 Å². The molecular weight excluding hydrogens is 285 g/mol. The summed E-state index contributed by atoms with van der Waals surface area (Å²) in [6, 6.07) is 6.59. The second kappa shape index (κ2) is 5.56. The minimum Gasteiger partial charge on any atom is -0.312 e. The maximum atomic E-state index is 13.1. The molecule has 0 aliphatic heterocycles. The third-order valence-corrected chi connectivity index (χ3v) is 5.17. The maximum absolute atomic E-state index is 13.1. The van der Waals surface area contributed by atoms with Crippen LogP contribution in [0.3, 0.4) is 0 Å². The molecule has 0 amide bonds. The molecule has 2 aromatic rings. The molecule has 1 heterocycles. The molecule has 0 aliphatic rings. The second-order valence-corrected chi connectivity index (χ2v) is 7.97. The first-order valence-electron chi connectivity index (χ1n) is 5.93. The molecule has 2 rings (SSSR count). The van der Waals surface area contributed by atoms with Gasteiger partial charge in [0, 0.05) is 21.9 Å². The van der Waals surface area contributed by atoms with Gasteiger partial charge in [-0.3, -0.25) is 0 Å². The van der Waals surface area contributed by atoms with Gasteiger partial charge in [-0.05, 0) is 43.1 Å². The van der Waals surface area contributed by atoms with Gasteiger partial charge in [-0.2, -0.15) is 0 Å². The van der Waals surface area contributed by atoms with Crippen molar-refractivity contribution in [2.45, 2.75) is 12.5 Å². The SMILES string of the molecule is CNC(CCS(C)(=O)=O)c1cc2cc(F)ccc2s1. The number of benzene rings is 1. The summed E-state index contributed by atoms with van der Waals surface area (Å²) in [5, 5.41) is 3.98. The number of thiophene rings is 1. The smallest absolute Gasteiger partial charge is 0.147 e. The molecule has 1 aromatic heterocycles. The van der Waals surface area contributed by atoms with Crippen LogP contribution in [0.15, 0.2) is 24.3 Å². The van der Waals surface area contributed by atoms with Crippen LogP contribution in [0.25, 0.3) is 10.1 Å². The Bertz CT molecular complexity index is 679. The molecule has 1 atom stereocenters. The van der Waals surface area contributed by atoms with E-state index in [0.29, 0.717) is 6.42 Å². The zero-order chi connectivity index (χ0) is 14.0. The third kappa shape index (κ3) is 3.75. The Morgan fingerprint density at radius 1 is 1.37 bits per heavy atom. The van der Waals surface area contributed by atoms with Gasteiger partial charge in [0.15, 0.2) is 0 Å². The van der Waals surface area contributed by atoms with Gasteiger partial charge < -0.3 is 5.32 Å². The first kappa shape index (κ1) is 14.4. The number of sulfone groups is 1. The standard InChI is InChI=1S/C13H16FNO2S2/c1-15-11(5-6-19(2,16)17)13-8-9-7-10(14)3-4-12(9)18-13/h3-4,7-8,11,15H,5-6H2,1-2H3. The first-order valence-corrected chi connectivity index (χ1v) is 8.81. The fourth-order valence-corrected chi connectivity index (χ4v) is 3.82. The van der Waals surface area contributed by atoms with Gasteiger partial charge in [-0.25, -0.2) is 12.8 Å². The fourth-order valence-electron chi connectivity index (χ4n) is 1.97. The summed E-state index contributed by atoms with van der Waals surface area (Å²) in [4.78, 5) is 1.03. The predicted molar refractivity (Wildman–Crippen MR) is 77.9 cm³/mol. The number of rotatable bonds is 5. The van der Waals surface area contributed by atoms with E-state index in [1.54, 1.807) is 24.5 Å². The van der Waals surface area contributed by atoms with E-state index < -0.39 is 9.84 Å². The lowest BCUT2D eigenvalue weighted by Gasteiger charge is -2.13. The number of hydrogen-bond acceptors (Lipinski definition) is 4. The molecule has 19 heavy (non-hydrogen) atoms. The van der Waals surface area contributed by atoms with E-state index in [-0.39, 0.29) is 17.6 Å². The van der Waals surface area contributed by atoms with Crippen LogP contribution < -0.4 is 5.32 Å². The first-order chi connectivity index (χ1) is 8.89. The summed E-state index contributed by atoms with van der Waals surface area (Å²) < 4.78 is 36.6. The van der Waals surface area contributed by atoms with Crippen LogP contribution >= 0.6 is 11.3 Å². The third-order valence-electron chi connectivity index (χ3n) is 2.97. The van der Waals surface area contributed by atoms with Crippen molar-refractivity contribution in [2.75, 3.05) is 19.1 Å². The highest BCUT2D eigenvalue weighted by molar-refractivity contribution is 7.90. The molecule has 0 aliphatic carbocycles. The van der Waals surface area contributed by atoms with Gasteiger partial charge in [-0.1, -0.05) is 0 Å². The van der Waals surface area contributed by atoms with Crippen LogP contribution in [0, 0.1) is 5.82 Å². The molecule has 0 fully saturated rings. The van der Waals surface area contributed by atoms with Crippen molar-refractivity contribution in [3.05, 3.63) is 35.0 Å². The molecule has 3 nitrogen and oxygen atoms in total. The highest BCUT2D eigenvalue weighted by atomic mass is 32.2.